The van der Waals surface area contributed by atoms with Crippen molar-refractivity contribution < 1.29 is 0 Å². The van der Waals surface area contributed by atoms with Crippen LogP contribution in [0.5, 0.6) is 0 Å². The van der Waals surface area contributed by atoms with Crippen LogP contribution >= 0.6 is 27.5 Å². The minimum absolute atomic E-state index is 0.119. The number of nitrogens with zero attached hydrogens (tertiary/aromatic N) is 3. The highest BCUT2D eigenvalue weighted by Gasteiger charge is 2.11. The molecule has 0 aliphatic carbocycles. The zero-order valence-electron chi connectivity index (χ0n) is 9.27. The summed E-state index contributed by atoms with van der Waals surface area (Å²) in [5.41, 5.74) is 7.15. The Morgan fingerprint density at radius 1 is 1.53 bits per heavy atom. The number of hydrogen-bond acceptors (Lipinski definition) is 3. The third kappa shape index (κ3) is 2.86. The molecule has 17 heavy (non-hydrogen) atoms. The Labute approximate surface area is 113 Å². The van der Waals surface area contributed by atoms with E-state index in [0.29, 0.717) is 11.4 Å². The molecule has 0 aliphatic heterocycles. The highest BCUT2D eigenvalue weighted by atomic mass is 79.9. The van der Waals surface area contributed by atoms with Crippen molar-refractivity contribution in [2.24, 2.45) is 12.8 Å². The Bertz CT molecular complexity index is 526. The van der Waals surface area contributed by atoms with Crippen LogP contribution in [-0.4, -0.2) is 14.8 Å². The van der Waals surface area contributed by atoms with Crippen molar-refractivity contribution in [3.63, 3.8) is 0 Å². The molecule has 0 aliphatic rings. The summed E-state index contributed by atoms with van der Waals surface area (Å²) in [5, 5.41) is 4.69. The van der Waals surface area contributed by atoms with Crippen molar-refractivity contribution in [2.75, 3.05) is 0 Å². The van der Waals surface area contributed by atoms with E-state index >= 15 is 0 Å². The maximum atomic E-state index is 6.13. The minimum atomic E-state index is -0.119. The van der Waals surface area contributed by atoms with Crippen LogP contribution in [0.4, 0.5) is 0 Å². The molecule has 0 saturated heterocycles. The molecule has 4 nitrogen and oxygen atoms in total. The molecule has 1 atom stereocenters. The second-order valence-electron chi connectivity index (χ2n) is 3.78. The fourth-order valence-electron chi connectivity index (χ4n) is 1.56. The van der Waals surface area contributed by atoms with Gasteiger partial charge in [-0.05, 0) is 33.6 Å². The van der Waals surface area contributed by atoms with E-state index < -0.39 is 0 Å². The Morgan fingerprint density at radius 2 is 2.29 bits per heavy atom. The molecule has 2 aromatic rings. The van der Waals surface area contributed by atoms with E-state index in [4.69, 9.17) is 17.3 Å². The second-order valence-corrected chi connectivity index (χ2v) is 5.05. The lowest BCUT2D eigenvalue weighted by Crippen LogP contribution is -2.16. The Morgan fingerprint density at radius 3 is 2.88 bits per heavy atom. The summed E-state index contributed by atoms with van der Waals surface area (Å²) in [4.78, 5) is 4.16. The van der Waals surface area contributed by atoms with Gasteiger partial charge >= 0.3 is 0 Å². The molecule has 0 saturated carbocycles. The van der Waals surface area contributed by atoms with Crippen LogP contribution < -0.4 is 5.73 Å². The number of rotatable bonds is 3. The first kappa shape index (κ1) is 12.5. The van der Waals surface area contributed by atoms with Gasteiger partial charge in [0.2, 0.25) is 0 Å². The average Bonchev–Trinajstić information content (AvgIpc) is 2.68. The van der Waals surface area contributed by atoms with Gasteiger partial charge in [-0.15, -0.1) is 0 Å². The van der Waals surface area contributed by atoms with Crippen molar-refractivity contribution in [1.29, 1.82) is 0 Å². The van der Waals surface area contributed by atoms with Gasteiger partial charge in [0, 0.05) is 24.0 Å². The predicted molar refractivity (Wildman–Crippen MR) is 70.8 cm³/mol. The van der Waals surface area contributed by atoms with Crippen molar-refractivity contribution >= 4 is 27.5 Å². The molecule has 1 aromatic heterocycles. The van der Waals surface area contributed by atoms with Crippen LogP contribution in [0.15, 0.2) is 29.0 Å². The van der Waals surface area contributed by atoms with Crippen LogP contribution in [0, 0.1) is 0 Å². The fourth-order valence-corrected chi connectivity index (χ4v) is 2.08. The van der Waals surface area contributed by atoms with E-state index in [9.17, 15) is 0 Å². The molecule has 0 fully saturated rings. The molecule has 0 spiro atoms. The molecule has 6 heteroatoms. The van der Waals surface area contributed by atoms with E-state index in [0.717, 1.165) is 15.9 Å². The van der Waals surface area contributed by atoms with Gasteiger partial charge in [0.1, 0.15) is 12.2 Å². The van der Waals surface area contributed by atoms with E-state index in [-0.39, 0.29) is 6.04 Å². The summed E-state index contributed by atoms with van der Waals surface area (Å²) >= 11 is 9.33. The monoisotopic (exact) mass is 314 g/mol. The Balaban J connectivity index is 2.17. The molecule has 90 valence electrons. The summed E-state index contributed by atoms with van der Waals surface area (Å²) < 4.78 is 2.58. The lowest BCUT2D eigenvalue weighted by molar-refractivity contribution is 0.629. The molecule has 0 amide bonds. The van der Waals surface area contributed by atoms with Gasteiger partial charge in [-0.25, -0.2) is 4.98 Å². The van der Waals surface area contributed by atoms with Crippen molar-refractivity contribution in [3.05, 3.63) is 45.4 Å². The second kappa shape index (κ2) is 5.16. The van der Waals surface area contributed by atoms with Gasteiger partial charge in [-0.3, -0.25) is 4.68 Å². The third-order valence-electron chi connectivity index (χ3n) is 2.58. The van der Waals surface area contributed by atoms with Crippen LogP contribution in [0.2, 0.25) is 5.02 Å². The summed E-state index contributed by atoms with van der Waals surface area (Å²) in [6, 6.07) is 5.57. The number of benzene rings is 1. The number of nitrogens with two attached hydrogens (primary N) is 1. The van der Waals surface area contributed by atoms with Crippen molar-refractivity contribution in [1.82, 2.24) is 14.8 Å². The molecule has 2 rings (SSSR count). The molecule has 0 radical (unpaired) electrons. The van der Waals surface area contributed by atoms with E-state index in [2.05, 4.69) is 26.0 Å². The fraction of sp³-hybridized carbons (Fsp3) is 0.273. The molecule has 1 unspecified atom stereocenters. The summed E-state index contributed by atoms with van der Waals surface area (Å²) in [7, 11) is 1.85. The third-order valence-corrected chi connectivity index (χ3v) is 3.79. The van der Waals surface area contributed by atoms with Crippen LogP contribution in [0.3, 0.4) is 0 Å². The van der Waals surface area contributed by atoms with Crippen LogP contribution in [0.25, 0.3) is 0 Å². The first-order chi connectivity index (χ1) is 8.08. The zero-order chi connectivity index (χ0) is 12.4. The first-order valence-corrected chi connectivity index (χ1v) is 6.28. The molecule has 1 heterocycles. The average molecular weight is 316 g/mol. The number of halogens is 2. The van der Waals surface area contributed by atoms with Gasteiger partial charge in [0.05, 0.1) is 5.02 Å². The van der Waals surface area contributed by atoms with Gasteiger partial charge in [0.25, 0.3) is 0 Å². The van der Waals surface area contributed by atoms with Gasteiger partial charge < -0.3 is 5.73 Å². The lowest BCUT2D eigenvalue weighted by Gasteiger charge is -2.12. The SMILES string of the molecule is Cn1ncnc1CC(N)c1ccc(Cl)c(Br)c1. The van der Waals surface area contributed by atoms with E-state index in [1.54, 1.807) is 4.68 Å². The maximum Gasteiger partial charge on any atom is 0.138 e. The highest BCUT2D eigenvalue weighted by Crippen LogP contribution is 2.26. The minimum Gasteiger partial charge on any atom is -0.324 e. The largest absolute Gasteiger partial charge is 0.324 e. The summed E-state index contributed by atoms with van der Waals surface area (Å²) in [5.74, 6) is 0.864. The number of aromatic nitrogens is 3. The van der Waals surface area contributed by atoms with Crippen molar-refractivity contribution in [2.45, 2.75) is 12.5 Å². The summed E-state index contributed by atoms with van der Waals surface area (Å²) in [6.07, 6.45) is 2.17. The van der Waals surface area contributed by atoms with Crippen molar-refractivity contribution in [3.8, 4) is 0 Å². The standard InChI is InChI=1S/C11H12BrClN4/c1-17-11(15-6-16-17)5-10(14)7-2-3-9(13)8(12)4-7/h2-4,6,10H,5,14H2,1H3. The number of hydrogen-bond donors (Lipinski definition) is 1. The first-order valence-electron chi connectivity index (χ1n) is 5.11. The molecular weight excluding hydrogens is 304 g/mol. The summed E-state index contributed by atoms with van der Waals surface area (Å²) in [6.45, 7) is 0. The van der Waals surface area contributed by atoms with E-state index in [1.807, 2.05) is 25.2 Å². The molecule has 2 N–H and O–H groups in total. The topological polar surface area (TPSA) is 56.7 Å². The zero-order valence-corrected chi connectivity index (χ0v) is 11.6. The number of aryl methyl sites for hydroxylation is 1. The molecule has 1 aromatic carbocycles. The van der Waals surface area contributed by atoms with E-state index in [1.165, 1.54) is 6.33 Å². The lowest BCUT2D eigenvalue weighted by atomic mass is 10.0. The maximum absolute atomic E-state index is 6.13. The van der Waals surface area contributed by atoms with Gasteiger partial charge in [0.15, 0.2) is 0 Å². The van der Waals surface area contributed by atoms with Crippen LogP contribution in [-0.2, 0) is 13.5 Å². The smallest absolute Gasteiger partial charge is 0.138 e. The van der Waals surface area contributed by atoms with Gasteiger partial charge in [-0.2, -0.15) is 5.10 Å². The normalized spacial score (nSPS) is 12.7. The molecular formula is C11H12BrClN4. The Kier molecular flexibility index (Phi) is 3.81. The van der Waals surface area contributed by atoms with Gasteiger partial charge in [-0.1, -0.05) is 17.7 Å². The quantitative estimate of drug-likeness (QED) is 0.946. The van der Waals surface area contributed by atoms with Crippen LogP contribution in [0.1, 0.15) is 17.4 Å². The Hall–Kier alpha value is -0.910. The predicted octanol–water partition coefficient (Wildman–Crippen LogP) is 2.47. The highest BCUT2D eigenvalue weighted by molar-refractivity contribution is 9.10. The molecule has 0 bridgehead atoms.